The lowest BCUT2D eigenvalue weighted by molar-refractivity contribution is -0.140. The Labute approximate surface area is 205 Å². The highest BCUT2D eigenvalue weighted by atomic mass is 32.1. The van der Waals surface area contributed by atoms with Crippen molar-refractivity contribution in [1.82, 2.24) is 15.5 Å². The maximum Gasteiger partial charge on any atom is 0.261 e. The number of ether oxygens (including phenoxy) is 1. The second kappa shape index (κ2) is 13.1. The van der Waals surface area contributed by atoms with Gasteiger partial charge in [-0.05, 0) is 48.4 Å². The fourth-order valence-corrected chi connectivity index (χ4v) is 4.93. The van der Waals surface area contributed by atoms with Gasteiger partial charge in [0.2, 0.25) is 11.8 Å². The average molecular weight is 486 g/mol. The van der Waals surface area contributed by atoms with E-state index >= 15 is 0 Å². The van der Waals surface area contributed by atoms with Crippen LogP contribution in [0.2, 0.25) is 0 Å². The third-order valence-corrected chi connectivity index (χ3v) is 7.01. The summed E-state index contributed by atoms with van der Waals surface area (Å²) in [5.41, 5.74) is 0.696. The van der Waals surface area contributed by atoms with Crippen molar-refractivity contribution < 1.29 is 19.1 Å². The number of hydrogen-bond acceptors (Lipinski definition) is 5. The lowest BCUT2D eigenvalue weighted by Crippen LogP contribution is -2.49. The highest BCUT2D eigenvalue weighted by Gasteiger charge is 2.33. The first-order chi connectivity index (χ1) is 16.5. The molecule has 34 heavy (non-hydrogen) atoms. The summed E-state index contributed by atoms with van der Waals surface area (Å²) in [6, 6.07) is 10.1. The Morgan fingerprint density at radius 3 is 2.62 bits per heavy atom. The summed E-state index contributed by atoms with van der Waals surface area (Å²) in [4.78, 5) is 41.6. The molecule has 1 aliphatic carbocycles. The first-order valence-corrected chi connectivity index (χ1v) is 13.0. The number of hydrogen-bond donors (Lipinski definition) is 2. The highest BCUT2D eigenvalue weighted by Crippen LogP contribution is 2.27. The van der Waals surface area contributed by atoms with Crippen LogP contribution in [0.4, 0.5) is 0 Å². The van der Waals surface area contributed by atoms with Crippen molar-refractivity contribution in [1.29, 1.82) is 0 Å². The van der Waals surface area contributed by atoms with E-state index in [1.54, 1.807) is 24.1 Å². The molecule has 0 aliphatic heterocycles. The number of thiophene rings is 1. The molecule has 1 heterocycles. The number of nitrogens with one attached hydrogen (secondary N) is 2. The molecule has 1 saturated carbocycles. The molecule has 184 valence electrons. The Morgan fingerprint density at radius 1 is 1.15 bits per heavy atom. The molecule has 1 atom stereocenters. The smallest absolute Gasteiger partial charge is 0.261 e. The van der Waals surface area contributed by atoms with Gasteiger partial charge in [-0.3, -0.25) is 14.4 Å². The predicted octanol–water partition coefficient (Wildman–Crippen LogP) is 4.31. The first-order valence-electron chi connectivity index (χ1n) is 12.1. The van der Waals surface area contributed by atoms with E-state index in [2.05, 4.69) is 10.6 Å². The first kappa shape index (κ1) is 25.7. The second-order valence-electron chi connectivity index (χ2n) is 8.62. The van der Waals surface area contributed by atoms with E-state index in [0.29, 0.717) is 22.7 Å². The molecule has 0 radical (unpaired) electrons. The lowest BCUT2D eigenvalue weighted by atomic mass is 9.94. The Morgan fingerprint density at radius 2 is 1.94 bits per heavy atom. The molecular weight excluding hydrogens is 450 g/mol. The number of amides is 3. The average Bonchev–Trinajstić information content (AvgIpc) is 3.40. The topological polar surface area (TPSA) is 87.7 Å². The van der Waals surface area contributed by atoms with Gasteiger partial charge in [-0.1, -0.05) is 50.8 Å². The molecule has 1 unspecified atom stereocenters. The lowest BCUT2D eigenvalue weighted by Gasteiger charge is -2.33. The maximum atomic E-state index is 13.6. The van der Waals surface area contributed by atoms with Crippen LogP contribution in [-0.2, 0) is 9.59 Å². The van der Waals surface area contributed by atoms with Gasteiger partial charge in [-0.25, -0.2) is 0 Å². The van der Waals surface area contributed by atoms with E-state index in [1.165, 1.54) is 17.8 Å². The van der Waals surface area contributed by atoms with Crippen LogP contribution in [0.5, 0.6) is 5.75 Å². The maximum absolute atomic E-state index is 13.6. The third kappa shape index (κ3) is 7.06. The van der Waals surface area contributed by atoms with E-state index < -0.39 is 6.04 Å². The van der Waals surface area contributed by atoms with Gasteiger partial charge >= 0.3 is 0 Å². The molecule has 1 fully saturated rings. The summed E-state index contributed by atoms with van der Waals surface area (Å²) in [5.74, 6) is -0.135. The summed E-state index contributed by atoms with van der Waals surface area (Å²) in [6.45, 7) is 2.30. The van der Waals surface area contributed by atoms with Gasteiger partial charge in [0.05, 0.1) is 18.5 Å². The highest BCUT2D eigenvalue weighted by molar-refractivity contribution is 7.12. The standard InChI is InChI=1S/C26H35N3O4S/c1-3-4-15-29(23(30)18-27-25(31)22-14-9-16-34-22)24(19-10-8-13-21(17-19)33-2)26(32)28-20-11-6-5-7-12-20/h8-10,13-14,16-17,20,24H,3-7,11-12,15,18H2,1-2H3,(H,27,31)(H,28,32). The van der Waals surface area contributed by atoms with Crippen LogP contribution in [0, 0.1) is 0 Å². The van der Waals surface area contributed by atoms with Crippen molar-refractivity contribution in [3.8, 4) is 5.75 Å². The fourth-order valence-electron chi connectivity index (χ4n) is 4.29. The minimum atomic E-state index is -0.797. The zero-order chi connectivity index (χ0) is 24.3. The largest absolute Gasteiger partial charge is 0.497 e. The van der Waals surface area contributed by atoms with Crippen LogP contribution >= 0.6 is 11.3 Å². The zero-order valence-electron chi connectivity index (χ0n) is 20.0. The van der Waals surface area contributed by atoms with E-state index in [9.17, 15) is 14.4 Å². The number of carbonyl (C=O) groups excluding carboxylic acids is 3. The van der Waals surface area contributed by atoms with E-state index in [-0.39, 0.29) is 30.3 Å². The van der Waals surface area contributed by atoms with Crippen LogP contribution in [0.15, 0.2) is 41.8 Å². The van der Waals surface area contributed by atoms with Crippen molar-refractivity contribution in [2.24, 2.45) is 0 Å². The van der Waals surface area contributed by atoms with Gasteiger partial charge in [-0.15, -0.1) is 11.3 Å². The molecule has 2 N–H and O–H groups in total. The van der Waals surface area contributed by atoms with Gasteiger partial charge in [0.1, 0.15) is 11.8 Å². The van der Waals surface area contributed by atoms with Gasteiger partial charge in [0, 0.05) is 12.6 Å². The molecule has 8 heteroatoms. The molecule has 1 aliphatic rings. The number of nitrogens with zero attached hydrogens (tertiary/aromatic N) is 1. The van der Waals surface area contributed by atoms with Crippen molar-refractivity contribution >= 4 is 29.1 Å². The van der Waals surface area contributed by atoms with Gasteiger partial charge in [0.25, 0.3) is 5.91 Å². The number of carbonyl (C=O) groups is 3. The Kier molecular flexibility index (Phi) is 9.94. The molecular formula is C26H35N3O4S. The quantitative estimate of drug-likeness (QED) is 0.497. The van der Waals surface area contributed by atoms with Crippen LogP contribution in [0.3, 0.4) is 0 Å². The minimum absolute atomic E-state index is 0.121. The van der Waals surface area contributed by atoms with Crippen LogP contribution < -0.4 is 15.4 Å². The Bertz CT molecular complexity index is 941. The van der Waals surface area contributed by atoms with E-state index in [4.69, 9.17) is 4.74 Å². The molecule has 0 saturated heterocycles. The van der Waals surface area contributed by atoms with Crippen LogP contribution in [0.1, 0.15) is 73.1 Å². The summed E-state index contributed by atoms with van der Waals surface area (Å²) in [7, 11) is 1.58. The molecule has 3 amide bonds. The molecule has 2 aromatic rings. The summed E-state index contributed by atoms with van der Waals surface area (Å²) in [6.07, 6.45) is 6.93. The predicted molar refractivity (Wildman–Crippen MR) is 134 cm³/mol. The minimum Gasteiger partial charge on any atom is -0.497 e. The van der Waals surface area contributed by atoms with Crippen molar-refractivity contribution in [3.05, 3.63) is 52.2 Å². The van der Waals surface area contributed by atoms with Gasteiger partial charge < -0.3 is 20.3 Å². The van der Waals surface area contributed by atoms with Gasteiger partial charge in [0.15, 0.2) is 0 Å². The van der Waals surface area contributed by atoms with Gasteiger partial charge in [-0.2, -0.15) is 0 Å². The third-order valence-electron chi connectivity index (χ3n) is 6.14. The molecule has 3 rings (SSSR count). The molecule has 1 aromatic carbocycles. The summed E-state index contributed by atoms with van der Waals surface area (Å²) < 4.78 is 5.39. The van der Waals surface area contributed by atoms with Crippen molar-refractivity contribution in [2.45, 2.75) is 64.0 Å². The number of benzene rings is 1. The second-order valence-corrected chi connectivity index (χ2v) is 9.57. The number of methoxy groups -OCH3 is 1. The molecule has 0 spiro atoms. The van der Waals surface area contributed by atoms with Crippen LogP contribution in [0.25, 0.3) is 0 Å². The molecule has 7 nitrogen and oxygen atoms in total. The summed E-state index contributed by atoms with van der Waals surface area (Å²) >= 11 is 1.32. The van der Waals surface area contributed by atoms with Crippen LogP contribution in [-0.4, -0.2) is 48.9 Å². The SMILES string of the molecule is CCCCN(C(=O)CNC(=O)c1cccs1)C(C(=O)NC1CCCCC1)c1cccc(OC)c1. The monoisotopic (exact) mass is 485 g/mol. The summed E-state index contributed by atoms with van der Waals surface area (Å²) in [5, 5.41) is 7.73. The Balaban J connectivity index is 1.84. The van der Waals surface area contributed by atoms with Crippen molar-refractivity contribution in [2.75, 3.05) is 20.2 Å². The van der Waals surface area contributed by atoms with E-state index in [1.807, 2.05) is 36.6 Å². The van der Waals surface area contributed by atoms with Crippen molar-refractivity contribution in [3.63, 3.8) is 0 Å². The van der Waals surface area contributed by atoms with E-state index in [0.717, 1.165) is 38.5 Å². The number of rotatable bonds is 11. The fraction of sp³-hybridized carbons (Fsp3) is 0.500. The molecule has 1 aromatic heterocycles. The number of unbranched alkanes of at least 4 members (excludes halogenated alkanes) is 1. The Hall–Kier alpha value is -2.87. The zero-order valence-corrected chi connectivity index (χ0v) is 20.9. The molecule has 0 bridgehead atoms. The normalized spacial score (nSPS) is 14.8.